The summed E-state index contributed by atoms with van der Waals surface area (Å²) in [4.78, 5) is 14.4. The zero-order chi connectivity index (χ0) is 21.1. The topological polar surface area (TPSA) is 55.3 Å². The lowest BCUT2D eigenvalue weighted by Gasteiger charge is -2.31. The predicted molar refractivity (Wildman–Crippen MR) is 116 cm³/mol. The molecule has 156 valence electrons. The van der Waals surface area contributed by atoms with E-state index in [2.05, 4.69) is 10.2 Å². The molecule has 1 atom stereocenters. The maximum Gasteiger partial charge on any atom is 0.260 e. The average molecular weight is 466 g/mol. The first-order chi connectivity index (χ1) is 14.5. The van der Waals surface area contributed by atoms with E-state index in [-0.39, 0.29) is 24.2 Å². The van der Waals surface area contributed by atoms with E-state index in [1.54, 1.807) is 41.3 Å². The van der Waals surface area contributed by atoms with Crippen molar-refractivity contribution in [3.8, 4) is 16.3 Å². The minimum atomic E-state index is -0.321. The number of carbonyl (C=O) groups excluding carboxylic acids is 1. The molecule has 1 amide bonds. The maximum absolute atomic E-state index is 14.0. The molecule has 0 saturated carbocycles. The molecule has 0 spiro atoms. The van der Waals surface area contributed by atoms with E-state index in [1.807, 2.05) is 0 Å². The Hall–Kier alpha value is -2.22. The number of nitrogens with zero attached hydrogens (tertiary/aromatic N) is 3. The quantitative estimate of drug-likeness (QED) is 0.503. The fraction of sp³-hybridized carbons (Fsp3) is 0.286. The Morgan fingerprint density at radius 3 is 2.87 bits per heavy atom. The Balaban J connectivity index is 1.39. The summed E-state index contributed by atoms with van der Waals surface area (Å²) >= 11 is 13.3. The normalized spacial score (nSPS) is 16.5. The van der Waals surface area contributed by atoms with Gasteiger partial charge in [0.1, 0.15) is 16.6 Å². The third-order valence-electron chi connectivity index (χ3n) is 4.91. The van der Waals surface area contributed by atoms with Crippen LogP contribution in [0.4, 0.5) is 4.39 Å². The van der Waals surface area contributed by atoms with Gasteiger partial charge in [0.2, 0.25) is 0 Å². The van der Waals surface area contributed by atoms with Crippen LogP contribution in [0.1, 0.15) is 23.8 Å². The van der Waals surface area contributed by atoms with E-state index in [1.165, 1.54) is 17.4 Å². The molecule has 0 radical (unpaired) electrons. The standard InChI is InChI=1S/C21H18Cl2FN3O2S/c22-14-7-8-18(16(23)10-14)29-12-19(28)27-9-3-4-13(11-27)20-25-26-21(30-20)15-5-1-2-6-17(15)24/h1-2,5-8,10,13H,3-4,9,11-12H2. The van der Waals surface area contributed by atoms with Gasteiger partial charge in [0.05, 0.1) is 5.02 Å². The Kier molecular flexibility index (Phi) is 6.51. The third kappa shape index (κ3) is 4.74. The summed E-state index contributed by atoms with van der Waals surface area (Å²) in [5.41, 5.74) is 0.443. The first-order valence-electron chi connectivity index (χ1n) is 9.45. The maximum atomic E-state index is 14.0. The first kappa shape index (κ1) is 21.0. The van der Waals surface area contributed by atoms with E-state index in [0.717, 1.165) is 17.8 Å². The molecule has 2 heterocycles. The number of benzene rings is 2. The molecule has 1 fully saturated rings. The van der Waals surface area contributed by atoms with Crippen molar-refractivity contribution in [3.63, 3.8) is 0 Å². The Morgan fingerprint density at radius 2 is 2.07 bits per heavy atom. The monoisotopic (exact) mass is 465 g/mol. The number of hydrogen-bond donors (Lipinski definition) is 0. The SMILES string of the molecule is O=C(COc1ccc(Cl)cc1Cl)N1CCCC(c2nnc(-c3ccccc3F)s2)C1. The number of halogens is 3. The highest BCUT2D eigenvalue weighted by molar-refractivity contribution is 7.14. The van der Waals surface area contributed by atoms with E-state index in [9.17, 15) is 9.18 Å². The van der Waals surface area contributed by atoms with Crippen LogP contribution in [0.25, 0.3) is 10.6 Å². The summed E-state index contributed by atoms with van der Waals surface area (Å²) in [5.74, 6) is 0.0460. The molecule has 0 bridgehead atoms. The van der Waals surface area contributed by atoms with Crippen LogP contribution in [-0.2, 0) is 4.79 Å². The fourth-order valence-electron chi connectivity index (χ4n) is 3.37. The van der Waals surface area contributed by atoms with Gasteiger partial charge in [-0.1, -0.05) is 46.7 Å². The third-order valence-corrected chi connectivity index (χ3v) is 6.56. The van der Waals surface area contributed by atoms with Crippen LogP contribution in [0.5, 0.6) is 5.75 Å². The van der Waals surface area contributed by atoms with Crippen LogP contribution in [0.3, 0.4) is 0 Å². The van der Waals surface area contributed by atoms with Gasteiger partial charge in [-0.2, -0.15) is 0 Å². The molecule has 1 aliphatic heterocycles. The molecule has 1 saturated heterocycles. The van der Waals surface area contributed by atoms with E-state index in [0.29, 0.717) is 39.5 Å². The minimum Gasteiger partial charge on any atom is -0.482 e. The molecule has 1 unspecified atom stereocenters. The molecular formula is C21H18Cl2FN3O2S. The van der Waals surface area contributed by atoms with Crippen molar-refractivity contribution in [1.82, 2.24) is 15.1 Å². The van der Waals surface area contributed by atoms with Crippen molar-refractivity contribution in [3.05, 3.63) is 63.3 Å². The second-order valence-corrected chi connectivity index (χ2v) is 8.82. The lowest BCUT2D eigenvalue weighted by molar-refractivity contribution is -0.134. The summed E-state index contributed by atoms with van der Waals surface area (Å²) in [6.45, 7) is 1.08. The highest BCUT2D eigenvalue weighted by Crippen LogP contribution is 2.33. The molecule has 0 aliphatic carbocycles. The van der Waals surface area contributed by atoms with Gasteiger partial charge in [0.15, 0.2) is 11.6 Å². The second kappa shape index (κ2) is 9.29. The average Bonchev–Trinajstić information content (AvgIpc) is 3.23. The van der Waals surface area contributed by atoms with Crippen molar-refractivity contribution in [2.24, 2.45) is 0 Å². The zero-order valence-electron chi connectivity index (χ0n) is 15.9. The molecule has 30 heavy (non-hydrogen) atoms. The number of aromatic nitrogens is 2. The first-order valence-corrected chi connectivity index (χ1v) is 11.0. The van der Waals surface area contributed by atoms with Crippen molar-refractivity contribution in [1.29, 1.82) is 0 Å². The number of carbonyl (C=O) groups is 1. The largest absolute Gasteiger partial charge is 0.482 e. The molecule has 1 aliphatic rings. The number of hydrogen-bond acceptors (Lipinski definition) is 5. The molecular weight excluding hydrogens is 448 g/mol. The van der Waals surface area contributed by atoms with Crippen molar-refractivity contribution in [2.45, 2.75) is 18.8 Å². The number of piperidine rings is 1. The fourth-order valence-corrected chi connectivity index (χ4v) is 4.83. The van der Waals surface area contributed by atoms with Gasteiger partial charge in [-0.15, -0.1) is 10.2 Å². The number of rotatable bonds is 5. The summed E-state index contributed by atoms with van der Waals surface area (Å²) in [6.07, 6.45) is 1.76. The molecule has 4 rings (SSSR count). The van der Waals surface area contributed by atoms with Crippen molar-refractivity contribution < 1.29 is 13.9 Å². The molecule has 1 aromatic heterocycles. The summed E-state index contributed by atoms with van der Waals surface area (Å²) in [7, 11) is 0. The van der Waals surface area contributed by atoms with Gasteiger partial charge in [-0.25, -0.2) is 4.39 Å². The van der Waals surface area contributed by atoms with E-state index < -0.39 is 0 Å². The van der Waals surface area contributed by atoms with Gasteiger partial charge in [0.25, 0.3) is 5.91 Å². The summed E-state index contributed by atoms with van der Waals surface area (Å²) in [5, 5.41) is 10.7. The minimum absolute atomic E-state index is 0.0693. The highest BCUT2D eigenvalue weighted by atomic mass is 35.5. The van der Waals surface area contributed by atoms with Crippen LogP contribution < -0.4 is 4.74 Å². The summed E-state index contributed by atoms with van der Waals surface area (Å²) < 4.78 is 19.6. The predicted octanol–water partition coefficient (Wildman–Crippen LogP) is 5.44. The number of ether oxygens (including phenoxy) is 1. The highest BCUT2D eigenvalue weighted by Gasteiger charge is 2.28. The van der Waals surface area contributed by atoms with Gasteiger partial charge in [-0.05, 0) is 43.2 Å². The van der Waals surface area contributed by atoms with Gasteiger partial charge >= 0.3 is 0 Å². The van der Waals surface area contributed by atoms with Crippen LogP contribution in [0.2, 0.25) is 10.0 Å². The van der Waals surface area contributed by atoms with Crippen molar-refractivity contribution in [2.75, 3.05) is 19.7 Å². The van der Waals surface area contributed by atoms with Gasteiger partial charge in [0, 0.05) is 29.6 Å². The van der Waals surface area contributed by atoms with Gasteiger partial charge in [-0.3, -0.25) is 4.79 Å². The van der Waals surface area contributed by atoms with Crippen LogP contribution in [-0.4, -0.2) is 40.7 Å². The second-order valence-electron chi connectivity index (χ2n) is 6.97. The van der Waals surface area contributed by atoms with Crippen LogP contribution in [0, 0.1) is 5.82 Å². The van der Waals surface area contributed by atoms with Gasteiger partial charge < -0.3 is 9.64 Å². The number of amides is 1. The molecule has 5 nitrogen and oxygen atoms in total. The zero-order valence-corrected chi connectivity index (χ0v) is 18.2. The molecule has 0 N–H and O–H groups in total. The molecule has 3 aromatic rings. The lowest BCUT2D eigenvalue weighted by atomic mass is 9.99. The van der Waals surface area contributed by atoms with Crippen molar-refractivity contribution >= 4 is 40.4 Å². The Morgan fingerprint density at radius 1 is 1.23 bits per heavy atom. The molecule has 2 aromatic carbocycles. The Labute approximate surface area is 187 Å². The number of likely N-dealkylation sites (tertiary alicyclic amines) is 1. The van der Waals surface area contributed by atoms with E-state index >= 15 is 0 Å². The molecule has 9 heteroatoms. The van der Waals surface area contributed by atoms with Crippen LogP contribution >= 0.6 is 34.5 Å². The summed E-state index contributed by atoms with van der Waals surface area (Å²) in [6, 6.07) is 11.4. The van der Waals surface area contributed by atoms with E-state index in [4.69, 9.17) is 27.9 Å². The van der Waals surface area contributed by atoms with Crippen LogP contribution in [0.15, 0.2) is 42.5 Å². The lowest BCUT2D eigenvalue weighted by Crippen LogP contribution is -2.41. The Bertz CT molecular complexity index is 1060. The smallest absolute Gasteiger partial charge is 0.260 e.